The third-order valence-corrected chi connectivity index (χ3v) is 7.15. The van der Waals surface area contributed by atoms with Crippen LogP contribution < -0.4 is 10.0 Å². The summed E-state index contributed by atoms with van der Waals surface area (Å²) in [6.45, 7) is 3.70. The van der Waals surface area contributed by atoms with Gasteiger partial charge < -0.3 is 0 Å². The Hall–Kier alpha value is -2.26. The van der Waals surface area contributed by atoms with Crippen molar-refractivity contribution in [3.63, 3.8) is 0 Å². The van der Waals surface area contributed by atoms with Crippen molar-refractivity contribution in [1.29, 1.82) is 0 Å². The van der Waals surface area contributed by atoms with Crippen molar-refractivity contribution in [2.24, 2.45) is 0 Å². The van der Waals surface area contributed by atoms with E-state index in [-0.39, 0.29) is 10.5 Å². The number of carbonyl (C=O) groups excluding carboxylic acids is 1. The number of carbonyl (C=O) groups is 1. The van der Waals surface area contributed by atoms with E-state index in [0.29, 0.717) is 22.1 Å². The first-order chi connectivity index (χ1) is 13.7. The molecule has 0 bridgehead atoms. The zero-order valence-corrected chi connectivity index (χ0v) is 18.5. The van der Waals surface area contributed by atoms with E-state index in [1.807, 2.05) is 25.1 Å². The van der Waals surface area contributed by atoms with Crippen molar-refractivity contribution >= 4 is 44.0 Å². The normalized spacial score (nSPS) is 11.4. The number of nitrogens with zero attached hydrogens (tertiary/aromatic N) is 1. The fourth-order valence-electron chi connectivity index (χ4n) is 2.69. The molecule has 0 aliphatic heterocycles. The first-order valence-electron chi connectivity index (χ1n) is 8.75. The zero-order valence-electron chi connectivity index (χ0n) is 16.1. The second kappa shape index (κ2) is 8.62. The second-order valence-electron chi connectivity index (χ2n) is 6.53. The summed E-state index contributed by atoms with van der Waals surface area (Å²) in [6.07, 6.45) is 2.37. The molecule has 0 radical (unpaired) electrons. The van der Waals surface area contributed by atoms with Gasteiger partial charge in [0.15, 0.2) is 5.13 Å². The maximum absolute atomic E-state index is 12.7. The molecule has 152 valence electrons. The lowest BCUT2D eigenvalue weighted by atomic mass is 10.1. The molecular weight excluding hydrogens is 430 g/mol. The number of amides is 1. The lowest BCUT2D eigenvalue weighted by Gasteiger charge is -2.08. The average Bonchev–Trinajstić information content (AvgIpc) is 3.11. The summed E-state index contributed by atoms with van der Waals surface area (Å²) in [7, 11) is -2.31. The predicted octanol–water partition coefficient (Wildman–Crippen LogP) is 4.16. The summed E-state index contributed by atoms with van der Waals surface area (Å²) in [6, 6.07) is 10.3. The van der Waals surface area contributed by atoms with Crippen LogP contribution in [0.3, 0.4) is 0 Å². The highest BCUT2D eigenvalue weighted by Gasteiger charge is 2.17. The molecule has 1 aromatic heterocycles. The molecular formula is C20H20ClN3O3S2. The van der Waals surface area contributed by atoms with Gasteiger partial charge in [-0.05, 0) is 55.8 Å². The summed E-state index contributed by atoms with van der Waals surface area (Å²) in [5.41, 5.74) is 3.03. The number of anilines is 1. The van der Waals surface area contributed by atoms with Crippen LogP contribution in [0.25, 0.3) is 0 Å². The third-order valence-electron chi connectivity index (χ3n) is 4.42. The van der Waals surface area contributed by atoms with Gasteiger partial charge in [-0.3, -0.25) is 10.1 Å². The lowest BCUT2D eigenvalue weighted by Crippen LogP contribution is -2.20. The van der Waals surface area contributed by atoms with E-state index in [9.17, 15) is 13.2 Å². The minimum absolute atomic E-state index is 0.0341. The van der Waals surface area contributed by atoms with Crippen molar-refractivity contribution in [2.75, 3.05) is 12.4 Å². The standard InChI is InChI=1S/C20H20ClN3O3S2/c1-12-5-7-16(29(26,27)22-3)10-17(12)19(25)24-20-23-11-15(28-20)8-14-6-4-13(2)18(21)9-14/h4-7,9-11,22H,8H2,1-3H3,(H,23,24,25). The fourth-order valence-corrected chi connectivity index (χ4v) is 4.49. The van der Waals surface area contributed by atoms with Crippen molar-refractivity contribution in [3.8, 4) is 0 Å². The molecule has 29 heavy (non-hydrogen) atoms. The minimum Gasteiger partial charge on any atom is -0.298 e. The van der Waals surface area contributed by atoms with Crippen LogP contribution in [0.5, 0.6) is 0 Å². The Morgan fingerprint density at radius 2 is 1.86 bits per heavy atom. The summed E-state index contributed by atoms with van der Waals surface area (Å²) >= 11 is 7.54. The van der Waals surface area contributed by atoms with E-state index in [1.54, 1.807) is 19.2 Å². The molecule has 3 rings (SSSR count). The third kappa shape index (κ3) is 5.02. The first kappa shape index (κ1) is 21.4. The van der Waals surface area contributed by atoms with Crippen LogP contribution in [0.4, 0.5) is 5.13 Å². The fraction of sp³-hybridized carbons (Fsp3) is 0.200. The Morgan fingerprint density at radius 1 is 1.14 bits per heavy atom. The number of aryl methyl sites for hydroxylation is 2. The predicted molar refractivity (Wildman–Crippen MR) is 116 cm³/mol. The van der Waals surface area contributed by atoms with Crippen molar-refractivity contribution in [3.05, 3.63) is 74.7 Å². The highest BCUT2D eigenvalue weighted by Crippen LogP contribution is 2.25. The molecule has 0 spiro atoms. The second-order valence-corrected chi connectivity index (χ2v) is 9.94. The minimum atomic E-state index is -3.63. The monoisotopic (exact) mass is 449 g/mol. The summed E-state index contributed by atoms with van der Waals surface area (Å²) in [5.74, 6) is -0.407. The molecule has 3 aromatic rings. The van der Waals surface area contributed by atoms with Gasteiger partial charge in [0, 0.05) is 28.1 Å². The number of benzene rings is 2. The summed E-state index contributed by atoms with van der Waals surface area (Å²) < 4.78 is 26.3. The van der Waals surface area contributed by atoms with E-state index in [0.717, 1.165) is 16.0 Å². The van der Waals surface area contributed by atoms with Gasteiger partial charge >= 0.3 is 0 Å². The Labute approximate surface area is 179 Å². The molecule has 0 aliphatic carbocycles. The molecule has 9 heteroatoms. The van der Waals surface area contributed by atoms with Crippen LogP contribution in [0, 0.1) is 13.8 Å². The van der Waals surface area contributed by atoms with Gasteiger partial charge in [0.1, 0.15) is 0 Å². The molecule has 2 aromatic carbocycles. The molecule has 2 N–H and O–H groups in total. The van der Waals surface area contributed by atoms with Gasteiger partial charge in [0.2, 0.25) is 10.0 Å². The smallest absolute Gasteiger partial charge is 0.257 e. The van der Waals surface area contributed by atoms with Gasteiger partial charge in [0.25, 0.3) is 5.91 Å². The van der Waals surface area contributed by atoms with Gasteiger partial charge in [0.05, 0.1) is 4.90 Å². The Morgan fingerprint density at radius 3 is 2.55 bits per heavy atom. The summed E-state index contributed by atoms with van der Waals surface area (Å²) in [5, 5.41) is 3.91. The Balaban J connectivity index is 1.76. The van der Waals surface area contributed by atoms with Crippen LogP contribution >= 0.6 is 22.9 Å². The maximum atomic E-state index is 12.7. The molecule has 0 unspecified atom stereocenters. The van der Waals surface area contributed by atoms with Crippen LogP contribution in [-0.4, -0.2) is 26.4 Å². The molecule has 0 saturated heterocycles. The number of aromatic nitrogens is 1. The van der Waals surface area contributed by atoms with Crippen LogP contribution in [0.2, 0.25) is 5.02 Å². The molecule has 1 heterocycles. The van der Waals surface area contributed by atoms with Crippen LogP contribution in [0.15, 0.2) is 47.5 Å². The van der Waals surface area contributed by atoms with Crippen LogP contribution in [-0.2, 0) is 16.4 Å². The van der Waals surface area contributed by atoms with E-state index in [1.165, 1.54) is 30.5 Å². The average molecular weight is 450 g/mol. The number of thiazole rings is 1. The van der Waals surface area contributed by atoms with E-state index < -0.39 is 15.9 Å². The number of rotatable bonds is 6. The molecule has 0 saturated carbocycles. The number of hydrogen-bond acceptors (Lipinski definition) is 5. The van der Waals surface area contributed by atoms with Gasteiger partial charge in [-0.2, -0.15) is 0 Å². The topological polar surface area (TPSA) is 88.2 Å². The number of hydrogen-bond donors (Lipinski definition) is 2. The van der Waals surface area contributed by atoms with Crippen molar-refractivity contribution in [2.45, 2.75) is 25.2 Å². The highest BCUT2D eigenvalue weighted by atomic mass is 35.5. The Kier molecular flexibility index (Phi) is 6.38. The molecule has 0 fully saturated rings. The van der Waals surface area contributed by atoms with Gasteiger partial charge in [-0.15, -0.1) is 11.3 Å². The SMILES string of the molecule is CNS(=O)(=O)c1ccc(C)c(C(=O)Nc2ncc(Cc3ccc(C)c(Cl)c3)s2)c1. The van der Waals surface area contributed by atoms with E-state index in [2.05, 4.69) is 15.0 Å². The number of sulfonamides is 1. The summed E-state index contributed by atoms with van der Waals surface area (Å²) in [4.78, 5) is 17.9. The van der Waals surface area contributed by atoms with E-state index >= 15 is 0 Å². The quantitative estimate of drug-likeness (QED) is 0.591. The molecule has 1 amide bonds. The van der Waals surface area contributed by atoms with Crippen LogP contribution in [0.1, 0.15) is 31.9 Å². The van der Waals surface area contributed by atoms with Crippen molar-refractivity contribution in [1.82, 2.24) is 9.71 Å². The van der Waals surface area contributed by atoms with Crippen molar-refractivity contribution < 1.29 is 13.2 Å². The molecule has 0 aliphatic rings. The first-order valence-corrected chi connectivity index (χ1v) is 11.4. The molecule has 0 atom stereocenters. The largest absolute Gasteiger partial charge is 0.298 e. The number of halogens is 1. The maximum Gasteiger partial charge on any atom is 0.257 e. The van der Waals surface area contributed by atoms with Gasteiger partial charge in [-0.25, -0.2) is 18.1 Å². The zero-order chi connectivity index (χ0) is 21.2. The van der Waals surface area contributed by atoms with Gasteiger partial charge in [-0.1, -0.05) is 29.8 Å². The lowest BCUT2D eigenvalue weighted by molar-refractivity contribution is 0.102. The number of nitrogens with one attached hydrogen (secondary N) is 2. The highest BCUT2D eigenvalue weighted by molar-refractivity contribution is 7.89. The Bertz CT molecular complexity index is 1170. The molecule has 6 nitrogen and oxygen atoms in total. The van der Waals surface area contributed by atoms with E-state index in [4.69, 9.17) is 11.6 Å².